The van der Waals surface area contributed by atoms with Crippen molar-refractivity contribution >= 4 is 17.4 Å². The summed E-state index contributed by atoms with van der Waals surface area (Å²) in [6.07, 6.45) is 1.53. The molecule has 3 aromatic rings. The Labute approximate surface area is 150 Å². The zero-order chi connectivity index (χ0) is 18.5. The molecular formula is C21H18N2O3. The van der Waals surface area contributed by atoms with Gasteiger partial charge in [-0.3, -0.25) is 14.4 Å². The number of aromatic nitrogens is 1. The number of benzene rings is 2. The summed E-state index contributed by atoms with van der Waals surface area (Å²) in [5, 5.41) is 2.74. The van der Waals surface area contributed by atoms with Crippen molar-refractivity contribution in [2.45, 2.75) is 13.5 Å². The summed E-state index contributed by atoms with van der Waals surface area (Å²) in [5.74, 6) is -0.504. The molecule has 1 heterocycles. The maximum atomic E-state index is 12.6. The average molecular weight is 346 g/mol. The lowest BCUT2D eigenvalue weighted by Crippen LogP contribution is -2.23. The summed E-state index contributed by atoms with van der Waals surface area (Å²) in [4.78, 5) is 36.3. The van der Waals surface area contributed by atoms with Crippen molar-refractivity contribution in [2.75, 3.05) is 5.32 Å². The molecule has 0 aliphatic carbocycles. The molecule has 130 valence electrons. The Kier molecular flexibility index (Phi) is 5.08. The predicted octanol–water partition coefficient (Wildman–Crippen LogP) is 3.35. The summed E-state index contributed by atoms with van der Waals surface area (Å²) in [6, 6.07) is 19.2. The number of amides is 1. The Morgan fingerprint density at radius 1 is 0.923 bits per heavy atom. The van der Waals surface area contributed by atoms with Gasteiger partial charge in [0.2, 0.25) is 0 Å². The number of para-hydroxylation sites is 1. The van der Waals surface area contributed by atoms with Gasteiger partial charge < -0.3 is 9.88 Å². The minimum absolute atomic E-state index is 0.130. The van der Waals surface area contributed by atoms with Crippen LogP contribution in [0.3, 0.4) is 0 Å². The molecule has 0 saturated carbocycles. The van der Waals surface area contributed by atoms with E-state index in [0.717, 1.165) is 5.56 Å². The standard InChI is InChI=1S/C21H18N2O3/c1-15(24)18-9-5-6-10-19(18)22-21(26)17-11-12-20(25)23(14-17)13-16-7-3-2-4-8-16/h2-12,14H,13H2,1H3,(H,22,26). The molecular weight excluding hydrogens is 328 g/mol. The van der Waals surface area contributed by atoms with Crippen molar-refractivity contribution < 1.29 is 9.59 Å². The van der Waals surface area contributed by atoms with Gasteiger partial charge in [-0.25, -0.2) is 0 Å². The highest BCUT2D eigenvalue weighted by Crippen LogP contribution is 2.16. The molecule has 0 aliphatic rings. The maximum Gasteiger partial charge on any atom is 0.257 e. The number of ketones is 1. The molecule has 0 fully saturated rings. The highest BCUT2D eigenvalue weighted by molar-refractivity contribution is 6.08. The van der Waals surface area contributed by atoms with Crippen LogP contribution in [0.1, 0.15) is 33.2 Å². The molecule has 1 amide bonds. The number of carbonyl (C=O) groups excluding carboxylic acids is 2. The van der Waals surface area contributed by atoms with Crippen molar-refractivity contribution in [1.29, 1.82) is 0 Å². The second-order valence-electron chi connectivity index (χ2n) is 5.93. The maximum absolute atomic E-state index is 12.6. The first-order valence-corrected chi connectivity index (χ1v) is 8.20. The van der Waals surface area contributed by atoms with Crippen LogP contribution in [-0.4, -0.2) is 16.3 Å². The average Bonchev–Trinajstić information content (AvgIpc) is 2.64. The van der Waals surface area contributed by atoms with E-state index in [-0.39, 0.29) is 17.2 Å². The van der Waals surface area contributed by atoms with Crippen LogP contribution in [0, 0.1) is 0 Å². The SMILES string of the molecule is CC(=O)c1ccccc1NC(=O)c1ccc(=O)n(Cc2ccccc2)c1. The number of pyridine rings is 1. The number of carbonyl (C=O) groups is 2. The van der Waals surface area contributed by atoms with E-state index in [1.54, 1.807) is 24.3 Å². The molecule has 0 spiro atoms. The number of rotatable bonds is 5. The number of anilines is 1. The van der Waals surface area contributed by atoms with E-state index in [9.17, 15) is 14.4 Å². The molecule has 0 unspecified atom stereocenters. The Hall–Kier alpha value is -3.47. The summed E-state index contributed by atoms with van der Waals surface area (Å²) >= 11 is 0. The van der Waals surface area contributed by atoms with Crippen LogP contribution in [0.5, 0.6) is 0 Å². The van der Waals surface area contributed by atoms with E-state index in [0.29, 0.717) is 23.4 Å². The lowest BCUT2D eigenvalue weighted by atomic mass is 10.1. The van der Waals surface area contributed by atoms with Crippen molar-refractivity contribution in [1.82, 2.24) is 4.57 Å². The van der Waals surface area contributed by atoms with Crippen LogP contribution in [0.2, 0.25) is 0 Å². The zero-order valence-electron chi connectivity index (χ0n) is 14.3. The molecule has 1 aromatic heterocycles. The first-order valence-electron chi connectivity index (χ1n) is 8.20. The van der Waals surface area contributed by atoms with E-state index in [1.807, 2.05) is 30.3 Å². The summed E-state index contributed by atoms with van der Waals surface area (Å²) in [7, 11) is 0. The molecule has 0 radical (unpaired) electrons. The fraction of sp³-hybridized carbons (Fsp3) is 0.0952. The van der Waals surface area contributed by atoms with Gasteiger partial charge in [0.05, 0.1) is 17.8 Å². The summed E-state index contributed by atoms with van der Waals surface area (Å²) < 4.78 is 1.49. The predicted molar refractivity (Wildman–Crippen MR) is 101 cm³/mol. The minimum Gasteiger partial charge on any atom is -0.321 e. The van der Waals surface area contributed by atoms with E-state index in [4.69, 9.17) is 0 Å². The number of nitrogens with zero attached hydrogens (tertiary/aromatic N) is 1. The quantitative estimate of drug-likeness (QED) is 0.720. The fourth-order valence-corrected chi connectivity index (χ4v) is 2.66. The second-order valence-corrected chi connectivity index (χ2v) is 5.93. The number of hydrogen-bond acceptors (Lipinski definition) is 3. The molecule has 0 bridgehead atoms. The lowest BCUT2D eigenvalue weighted by molar-refractivity contribution is 0.101. The van der Waals surface area contributed by atoms with E-state index >= 15 is 0 Å². The van der Waals surface area contributed by atoms with Gasteiger partial charge >= 0.3 is 0 Å². The normalized spacial score (nSPS) is 10.3. The van der Waals surface area contributed by atoms with E-state index in [2.05, 4.69) is 5.32 Å². The zero-order valence-corrected chi connectivity index (χ0v) is 14.3. The van der Waals surface area contributed by atoms with Crippen molar-refractivity contribution in [2.24, 2.45) is 0 Å². The second kappa shape index (κ2) is 7.61. The Morgan fingerprint density at radius 2 is 1.62 bits per heavy atom. The van der Waals surface area contributed by atoms with Crippen LogP contribution in [-0.2, 0) is 6.54 Å². The van der Waals surface area contributed by atoms with Crippen LogP contribution < -0.4 is 10.9 Å². The number of Topliss-reactive ketones (excluding diaryl/α,β-unsaturated/α-hetero) is 1. The number of hydrogen-bond donors (Lipinski definition) is 1. The molecule has 0 atom stereocenters. The van der Waals surface area contributed by atoms with Crippen LogP contribution in [0.25, 0.3) is 0 Å². The van der Waals surface area contributed by atoms with Crippen LogP contribution in [0.15, 0.2) is 77.7 Å². The molecule has 26 heavy (non-hydrogen) atoms. The van der Waals surface area contributed by atoms with Crippen molar-refractivity contribution in [3.63, 3.8) is 0 Å². The van der Waals surface area contributed by atoms with Gasteiger partial charge in [-0.2, -0.15) is 0 Å². The monoisotopic (exact) mass is 346 g/mol. The third-order valence-electron chi connectivity index (χ3n) is 4.00. The van der Waals surface area contributed by atoms with E-state index < -0.39 is 0 Å². The van der Waals surface area contributed by atoms with Gasteiger partial charge in [-0.05, 0) is 30.7 Å². The van der Waals surface area contributed by atoms with Crippen LogP contribution >= 0.6 is 0 Å². The molecule has 3 rings (SSSR count). The Morgan fingerprint density at radius 3 is 2.35 bits per heavy atom. The third kappa shape index (κ3) is 3.95. The summed E-state index contributed by atoms with van der Waals surface area (Å²) in [6.45, 7) is 1.83. The molecule has 1 N–H and O–H groups in total. The number of nitrogens with one attached hydrogen (secondary N) is 1. The van der Waals surface area contributed by atoms with Gasteiger partial charge in [0.1, 0.15) is 0 Å². The van der Waals surface area contributed by atoms with E-state index in [1.165, 1.54) is 29.8 Å². The first kappa shape index (κ1) is 17.4. The fourth-order valence-electron chi connectivity index (χ4n) is 2.66. The van der Waals surface area contributed by atoms with Crippen molar-refractivity contribution in [3.05, 3.63) is 100.0 Å². The molecule has 0 saturated heterocycles. The smallest absolute Gasteiger partial charge is 0.257 e. The minimum atomic E-state index is -0.375. The van der Waals surface area contributed by atoms with Gasteiger partial charge in [0.25, 0.3) is 11.5 Å². The van der Waals surface area contributed by atoms with Crippen molar-refractivity contribution in [3.8, 4) is 0 Å². The molecule has 5 nitrogen and oxygen atoms in total. The Balaban J connectivity index is 1.86. The molecule has 5 heteroatoms. The van der Waals surface area contributed by atoms with Gasteiger partial charge in [-0.1, -0.05) is 42.5 Å². The first-order chi connectivity index (χ1) is 12.5. The van der Waals surface area contributed by atoms with Gasteiger partial charge in [0, 0.05) is 17.8 Å². The highest BCUT2D eigenvalue weighted by atomic mass is 16.2. The van der Waals surface area contributed by atoms with Crippen LogP contribution in [0.4, 0.5) is 5.69 Å². The topological polar surface area (TPSA) is 68.2 Å². The molecule has 0 aliphatic heterocycles. The largest absolute Gasteiger partial charge is 0.321 e. The summed E-state index contributed by atoms with van der Waals surface area (Å²) in [5.41, 5.74) is 2.02. The highest BCUT2D eigenvalue weighted by Gasteiger charge is 2.12. The lowest BCUT2D eigenvalue weighted by Gasteiger charge is -2.11. The third-order valence-corrected chi connectivity index (χ3v) is 4.00. The molecule has 2 aromatic carbocycles. The Bertz CT molecular complexity index is 1010. The van der Waals surface area contributed by atoms with Gasteiger partial charge in [0.15, 0.2) is 5.78 Å². The van der Waals surface area contributed by atoms with Gasteiger partial charge in [-0.15, -0.1) is 0 Å².